The Balaban J connectivity index is 3.36. The van der Waals surface area contributed by atoms with Crippen molar-refractivity contribution in [2.45, 2.75) is 26.4 Å². The summed E-state index contributed by atoms with van der Waals surface area (Å²) >= 11 is 0. The van der Waals surface area contributed by atoms with Gasteiger partial charge in [-0.3, -0.25) is 0 Å². The summed E-state index contributed by atoms with van der Waals surface area (Å²) in [4.78, 5) is 18.2. The van der Waals surface area contributed by atoms with Gasteiger partial charge >= 0.3 is 6.09 Å². The normalized spacial score (nSPS) is 11.1. The van der Waals surface area contributed by atoms with E-state index >= 15 is 0 Å². The fourth-order valence-electron chi connectivity index (χ4n) is 0.391. The minimum absolute atomic E-state index is 0.648. The molecule has 0 aliphatic carbocycles. The van der Waals surface area contributed by atoms with Crippen LogP contribution >= 0.6 is 0 Å². The van der Waals surface area contributed by atoms with Gasteiger partial charge in [0.15, 0.2) is 0 Å². The lowest BCUT2D eigenvalue weighted by Gasteiger charge is -2.18. The first-order chi connectivity index (χ1) is 6.45. The molecule has 0 aromatic rings. The van der Waals surface area contributed by atoms with Gasteiger partial charge in [0.05, 0.1) is 0 Å². The molecule has 0 bridgehead atoms. The van der Waals surface area contributed by atoms with E-state index in [1.54, 1.807) is 26.3 Å². The molecule has 0 aliphatic rings. The Labute approximate surface area is 79.6 Å². The van der Waals surface area contributed by atoms with E-state index < -0.39 is 11.7 Å². The quantitative estimate of drug-likeness (QED) is 0.373. The number of nitrogens with two attached hydrogens (primary N) is 1. The highest BCUT2D eigenvalue weighted by atomic mass is 17.8. The highest BCUT2D eigenvalue weighted by Crippen LogP contribution is 2.06. The molecule has 0 aliphatic heterocycles. The molecule has 0 aromatic heterocycles. The van der Waals surface area contributed by atoms with Crippen molar-refractivity contribution >= 4 is 6.09 Å². The predicted molar refractivity (Wildman–Crippen MR) is 39.0 cm³/mol. The summed E-state index contributed by atoms with van der Waals surface area (Å²) in [6.45, 7) is 5.03. The minimum atomic E-state index is -0.866. The Morgan fingerprint density at radius 1 is 1.21 bits per heavy atom. The molecule has 0 unspecified atom stereocenters. The molecule has 0 heterocycles. The van der Waals surface area contributed by atoms with E-state index in [1.807, 2.05) is 0 Å². The van der Waals surface area contributed by atoms with Crippen LogP contribution in [0.2, 0.25) is 0 Å². The van der Waals surface area contributed by atoms with Gasteiger partial charge in [-0.25, -0.2) is 4.79 Å². The molecule has 0 fully saturated rings. The molecule has 0 atom stereocenters. The molecule has 0 radical (unpaired) electrons. The van der Waals surface area contributed by atoms with Gasteiger partial charge in [-0.2, -0.15) is 11.4 Å². The maximum absolute atomic E-state index is 10.8. The molecule has 0 aromatic carbocycles. The van der Waals surface area contributed by atoms with Crippen LogP contribution < -0.4 is 11.4 Å². The maximum atomic E-state index is 10.8. The third kappa shape index (κ3) is 9.12. The number of hydrogen-bond acceptors (Lipinski definition) is 8. The van der Waals surface area contributed by atoms with E-state index in [0.717, 1.165) is 0 Å². The molecule has 1 amide bonds. The van der Waals surface area contributed by atoms with Crippen molar-refractivity contribution in [3.63, 3.8) is 0 Å². The van der Waals surface area contributed by atoms with Crippen molar-refractivity contribution < 1.29 is 34.6 Å². The second-order valence-corrected chi connectivity index (χ2v) is 2.99. The van der Waals surface area contributed by atoms with Crippen molar-refractivity contribution in [3.8, 4) is 0 Å². The lowest BCUT2D eigenvalue weighted by atomic mass is 10.2. The summed E-state index contributed by atoms with van der Waals surface area (Å²) < 4.78 is 4.74. The molecule has 3 N–H and O–H groups in total. The second-order valence-electron chi connectivity index (χ2n) is 2.99. The van der Waals surface area contributed by atoms with Crippen LogP contribution in [0, 0.1) is 0 Å². The molecule has 0 rings (SSSR count). The van der Waals surface area contributed by atoms with Crippen LogP contribution in [0.15, 0.2) is 0 Å². The molecular weight excluding hydrogens is 200 g/mol. The molecule has 0 saturated heterocycles. The number of hydroxylamine groups is 1. The monoisotopic (exact) mass is 212 g/mol. The van der Waals surface area contributed by atoms with Crippen LogP contribution in [0.25, 0.3) is 0 Å². The highest BCUT2D eigenvalue weighted by Gasteiger charge is 2.16. The van der Waals surface area contributed by atoms with Crippen LogP contribution in [0.5, 0.6) is 0 Å². The maximum Gasteiger partial charge on any atom is 0.434 e. The number of ether oxygens (including phenoxy) is 1. The smallest absolute Gasteiger partial charge is 0.434 e. The van der Waals surface area contributed by atoms with E-state index in [0.29, 0.717) is 0 Å². The van der Waals surface area contributed by atoms with Crippen LogP contribution in [0.3, 0.4) is 0 Å². The Morgan fingerprint density at radius 3 is 2.36 bits per heavy atom. The zero-order chi connectivity index (χ0) is 11.0. The molecule has 0 saturated carbocycles. The summed E-state index contributed by atoms with van der Waals surface area (Å²) in [6, 6.07) is 0. The average molecular weight is 212 g/mol. The van der Waals surface area contributed by atoms with Crippen LogP contribution in [-0.2, 0) is 29.8 Å². The third-order valence-electron chi connectivity index (χ3n) is 0.653. The predicted octanol–water partition coefficient (Wildman–Crippen LogP) is 0.0428. The zero-order valence-corrected chi connectivity index (χ0v) is 7.94. The number of carbonyl (C=O) groups is 1. The van der Waals surface area contributed by atoms with Gasteiger partial charge in [-0.05, 0) is 35.9 Å². The first kappa shape index (κ1) is 13.0. The van der Waals surface area contributed by atoms with Gasteiger partial charge in [-0.15, -0.1) is 4.99 Å². The van der Waals surface area contributed by atoms with Crippen molar-refractivity contribution in [1.29, 1.82) is 0 Å². The average Bonchev–Trinajstić information content (AvgIpc) is 2.00. The largest absolute Gasteiger partial charge is 0.442 e. The van der Waals surface area contributed by atoms with E-state index in [2.05, 4.69) is 31.0 Å². The molecule has 9 nitrogen and oxygen atoms in total. The number of carbonyl (C=O) groups excluding carboxylic acids is 1. The molecule has 9 heteroatoms. The van der Waals surface area contributed by atoms with Crippen LogP contribution in [0.1, 0.15) is 20.8 Å². The van der Waals surface area contributed by atoms with Crippen LogP contribution in [-0.4, -0.2) is 11.7 Å². The number of rotatable bonds is 5. The van der Waals surface area contributed by atoms with E-state index in [9.17, 15) is 4.79 Å². The van der Waals surface area contributed by atoms with E-state index in [-0.39, 0.29) is 0 Å². The summed E-state index contributed by atoms with van der Waals surface area (Å²) in [7, 11) is 0. The standard InChI is InChI=1S/C5H12N2O7/c1-5(2,3)9-4(8)7-11-13-14-12-10-6/h6H2,1-3H3,(H,7,8). The summed E-state index contributed by atoms with van der Waals surface area (Å²) in [5, 5.41) is 10.9. The van der Waals surface area contributed by atoms with Crippen molar-refractivity contribution in [3.05, 3.63) is 0 Å². The van der Waals surface area contributed by atoms with Gasteiger partial charge < -0.3 is 4.74 Å². The Bertz CT molecular complexity index is 168. The zero-order valence-electron chi connectivity index (χ0n) is 7.94. The Morgan fingerprint density at radius 2 is 1.86 bits per heavy atom. The topological polar surface area (TPSA) is 111 Å². The van der Waals surface area contributed by atoms with Gasteiger partial charge in [0, 0.05) is 0 Å². The fourth-order valence-corrected chi connectivity index (χ4v) is 0.391. The number of hydrogen-bond donors (Lipinski definition) is 2. The SMILES string of the molecule is CC(C)(C)OC(=O)NOOOOON. The molecule has 0 spiro atoms. The summed E-state index contributed by atoms with van der Waals surface area (Å²) in [6.07, 6.45) is -0.866. The van der Waals surface area contributed by atoms with Crippen LogP contribution in [0.4, 0.5) is 4.79 Å². The Hall–Kier alpha value is -0.970. The number of nitrogens with one attached hydrogen (secondary N) is 1. The second kappa shape index (κ2) is 6.48. The van der Waals surface area contributed by atoms with Gasteiger partial charge in [0.2, 0.25) is 0 Å². The third-order valence-corrected chi connectivity index (χ3v) is 0.653. The molecule has 84 valence electrons. The molecule has 14 heavy (non-hydrogen) atoms. The van der Waals surface area contributed by atoms with Gasteiger partial charge in [0.25, 0.3) is 0 Å². The van der Waals surface area contributed by atoms with Crippen molar-refractivity contribution in [2.24, 2.45) is 5.90 Å². The first-order valence-electron chi connectivity index (χ1n) is 3.47. The summed E-state index contributed by atoms with van der Waals surface area (Å²) in [5.74, 6) is 4.36. The number of amides is 1. The highest BCUT2D eigenvalue weighted by molar-refractivity contribution is 5.66. The molecular formula is C5H12N2O7. The fraction of sp³-hybridized carbons (Fsp3) is 0.800. The van der Waals surface area contributed by atoms with Gasteiger partial charge in [0.1, 0.15) is 5.60 Å². The van der Waals surface area contributed by atoms with E-state index in [4.69, 9.17) is 4.74 Å². The lowest BCUT2D eigenvalue weighted by Crippen LogP contribution is -2.32. The Kier molecular flexibility index (Phi) is 6.03. The first-order valence-corrected chi connectivity index (χ1v) is 3.47. The minimum Gasteiger partial charge on any atom is -0.442 e. The van der Waals surface area contributed by atoms with Crippen molar-refractivity contribution in [1.82, 2.24) is 5.48 Å². The van der Waals surface area contributed by atoms with E-state index in [1.165, 1.54) is 0 Å². The van der Waals surface area contributed by atoms with Crippen molar-refractivity contribution in [2.75, 3.05) is 0 Å². The van der Waals surface area contributed by atoms with Gasteiger partial charge in [-0.1, -0.05) is 4.99 Å². The lowest BCUT2D eigenvalue weighted by molar-refractivity contribution is -0.716. The summed E-state index contributed by atoms with van der Waals surface area (Å²) in [5.41, 5.74) is 1.07.